The van der Waals surface area contributed by atoms with Gasteiger partial charge in [-0.15, -0.1) is 0 Å². The second-order valence-corrected chi connectivity index (χ2v) is 7.39. The van der Waals surface area contributed by atoms with Crippen molar-refractivity contribution in [2.45, 2.75) is 25.7 Å². The van der Waals surface area contributed by atoms with Crippen molar-refractivity contribution in [1.82, 2.24) is 9.97 Å². The van der Waals surface area contributed by atoms with Gasteiger partial charge in [0.15, 0.2) is 5.78 Å². The van der Waals surface area contributed by atoms with Crippen LogP contribution in [0.25, 0.3) is 0 Å². The number of anilines is 1. The molecule has 1 heterocycles. The van der Waals surface area contributed by atoms with Crippen LogP contribution in [0.3, 0.4) is 0 Å². The number of carbonyl (C=O) groups excluding carboxylic acids is 2. The van der Waals surface area contributed by atoms with E-state index in [1.807, 2.05) is 19.1 Å². The summed E-state index contributed by atoms with van der Waals surface area (Å²) in [5.74, 6) is -0.0254. The summed E-state index contributed by atoms with van der Waals surface area (Å²) in [5.41, 5.74) is 3.96. The molecule has 5 nitrogen and oxygen atoms in total. The minimum atomic E-state index is -0.325. The molecular weight excluding hydrogens is 374 g/mol. The number of hydrogen-bond acceptors (Lipinski definition) is 4. The summed E-state index contributed by atoms with van der Waals surface area (Å²) in [6, 6.07) is 14.8. The predicted octanol–water partition coefficient (Wildman–Crippen LogP) is 4.60. The van der Waals surface area contributed by atoms with Crippen molar-refractivity contribution in [3.8, 4) is 0 Å². The van der Waals surface area contributed by atoms with Crippen molar-refractivity contribution in [1.29, 1.82) is 0 Å². The molecule has 0 spiro atoms. The largest absolute Gasteiger partial charge is 0.294 e. The Morgan fingerprint density at radius 2 is 1.79 bits per heavy atom. The number of ketones is 1. The summed E-state index contributed by atoms with van der Waals surface area (Å²) in [6.45, 7) is 2.04. The van der Waals surface area contributed by atoms with Crippen LogP contribution in [0.2, 0.25) is 5.02 Å². The number of Topliss-reactive ketones (excluding diaryl/α,β-unsaturated/α-hetero) is 1. The standard InChI is InChI=1S/C22H18ClN3O2/c1-13-2-4-14(5-3-13)16-10-19-18(20(27)11-16)12-24-22(25-19)26-21(28)15-6-8-17(23)9-7-15/h2-9,12,16H,10-11H2,1H3,(H,24,25,26,28)/t16-/m0/s1. The molecule has 0 fully saturated rings. The summed E-state index contributed by atoms with van der Waals surface area (Å²) in [7, 11) is 0. The lowest BCUT2D eigenvalue weighted by Gasteiger charge is -2.23. The Kier molecular flexibility index (Phi) is 4.92. The number of nitrogens with one attached hydrogen (secondary N) is 1. The molecule has 0 bridgehead atoms. The first-order chi connectivity index (χ1) is 13.5. The van der Waals surface area contributed by atoms with Crippen LogP contribution in [0, 0.1) is 6.92 Å². The number of benzene rings is 2. The number of rotatable bonds is 3. The third-order valence-corrected chi connectivity index (χ3v) is 5.17. The van der Waals surface area contributed by atoms with Crippen LogP contribution in [0.15, 0.2) is 54.7 Å². The molecule has 0 aliphatic heterocycles. The number of carbonyl (C=O) groups is 2. The van der Waals surface area contributed by atoms with Crippen LogP contribution in [0.1, 0.15) is 49.9 Å². The molecule has 1 atom stereocenters. The monoisotopic (exact) mass is 391 g/mol. The van der Waals surface area contributed by atoms with Crippen LogP contribution >= 0.6 is 11.6 Å². The highest BCUT2D eigenvalue weighted by Gasteiger charge is 2.28. The van der Waals surface area contributed by atoms with Crippen molar-refractivity contribution >= 4 is 29.2 Å². The number of amides is 1. The average molecular weight is 392 g/mol. The van der Waals surface area contributed by atoms with Gasteiger partial charge in [-0.25, -0.2) is 9.97 Å². The first-order valence-electron chi connectivity index (χ1n) is 9.02. The van der Waals surface area contributed by atoms with E-state index in [1.165, 1.54) is 11.8 Å². The zero-order chi connectivity index (χ0) is 19.7. The van der Waals surface area contributed by atoms with Gasteiger partial charge in [0.25, 0.3) is 5.91 Å². The van der Waals surface area contributed by atoms with Crippen molar-refractivity contribution in [3.05, 3.63) is 87.7 Å². The van der Waals surface area contributed by atoms with E-state index in [4.69, 9.17) is 11.6 Å². The summed E-state index contributed by atoms with van der Waals surface area (Å²) in [4.78, 5) is 33.5. The Morgan fingerprint density at radius 1 is 1.07 bits per heavy atom. The fourth-order valence-electron chi connectivity index (χ4n) is 3.35. The zero-order valence-electron chi connectivity index (χ0n) is 15.3. The van der Waals surface area contributed by atoms with Crippen molar-refractivity contribution < 1.29 is 9.59 Å². The highest BCUT2D eigenvalue weighted by molar-refractivity contribution is 6.30. The molecule has 28 heavy (non-hydrogen) atoms. The quantitative estimate of drug-likeness (QED) is 0.708. The smallest absolute Gasteiger partial charge is 0.258 e. The third-order valence-electron chi connectivity index (χ3n) is 4.92. The molecule has 1 aromatic heterocycles. The molecule has 0 radical (unpaired) electrons. The lowest BCUT2D eigenvalue weighted by atomic mass is 9.82. The molecule has 0 saturated heterocycles. The molecule has 1 aliphatic carbocycles. The lowest BCUT2D eigenvalue weighted by Crippen LogP contribution is -2.22. The Balaban J connectivity index is 1.56. The van der Waals surface area contributed by atoms with Gasteiger partial charge in [-0.1, -0.05) is 41.4 Å². The molecule has 1 amide bonds. The van der Waals surface area contributed by atoms with E-state index in [2.05, 4.69) is 27.4 Å². The maximum absolute atomic E-state index is 12.5. The van der Waals surface area contributed by atoms with Crippen LogP contribution in [0.5, 0.6) is 0 Å². The molecule has 4 rings (SSSR count). The third kappa shape index (κ3) is 3.80. The topological polar surface area (TPSA) is 72.0 Å². The van der Waals surface area contributed by atoms with Gasteiger partial charge in [-0.05, 0) is 49.1 Å². The summed E-state index contributed by atoms with van der Waals surface area (Å²) < 4.78 is 0. The van der Waals surface area contributed by atoms with Crippen LogP contribution in [-0.2, 0) is 6.42 Å². The number of aromatic nitrogens is 2. The molecule has 1 N–H and O–H groups in total. The SMILES string of the molecule is Cc1ccc([C@@H]2CC(=O)c3cnc(NC(=O)c4ccc(Cl)cc4)nc3C2)cc1. The Hall–Kier alpha value is -3.05. The van der Waals surface area contributed by atoms with Crippen molar-refractivity contribution in [3.63, 3.8) is 0 Å². The van der Waals surface area contributed by atoms with Crippen LogP contribution < -0.4 is 5.32 Å². The van der Waals surface area contributed by atoms with Gasteiger partial charge in [0.05, 0.1) is 11.3 Å². The molecule has 1 aliphatic rings. The molecular formula is C22H18ClN3O2. The molecule has 6 heteroatoms. The van der Waals surface area contributed by atoms with E-state index in [0.717, 1.165) is 5.56 Å². The molecule has 2 aromatic carbocycles. The van der Waals surface area contributed by atoms with Crippen molar-refractivity contribution in [2.24, 2.45) is 0 Å². The molecule has 140 valence electrons. The van der Waals surface area contributed by atoms with Crippen molar-refractivity contribution in [2.75, 3.05) is 5.32 Å². The second-order valence-electron chi connectivity index (χ2n) is 6.95. The normalized spacial score (nSPS) is 15.8. The van der Waals surface area contributed by atoms with E-state index in [-0.39, 0.29) is 23.6 Å². The number of halogens is 1. The summed E-state index contributed by atoms with van der Waals surface area (Å²) in [6.07, 6.45) is 2.58. The Bertz CT molecular complexity index is 1050. The van der Waals surface area contributed by atoms with E-state index in [1.54, 1.807) is 24.3 Å². The van der Waals surface area contributed by atoms with Gasteiger partial charge in [0, 0.05) is 23.2 Å². The van der Waals surface area contributed by atoms with Gasteiger partial charge in [0.1, 0.15) is 0 Å². The molecule has 0 unspecified atom stereocenters. The van der Waals surface area contributed by atoms with E-state index < -0.39 is 0 Å². The lowest BCUT2D eigenvalue weighted by molar-refractivity contribution is 0.0962. The highest BCUT2D eigenvalue weighted by Crippen LogP contribution is 2.32. The number of aryl methyl sites for hydroxylation is 1. The average Bonchev–Trinajstić information content (AvgIpc) is 2.68. The summed E-state index contributed by atoms with van der Waals surface area (Å²) in [5, 5.41) is 3.25. The highest BCUT2D eigenvalue weighted by atomic mass is 35.5. The predicted molar refractivity (Wildman–Crippen MR) is 108 cm³/mol. The maximum atomic E-state index is 12.5. The zero-order valence-corrected chi connectivity index (χ0v) is 16.0. The number of hydrogen-bond donors (Lipinski definition) is 1. The van der Waals surface area contributed by atoms with E-state index in [0.29, 0.717) is 34.7 Å². The molecule has 3 aromatic rings. The minimum absolute atomic E-state index is 0.0300. The minimum Gasteiger partial charge on any atom is -0.294 e. The Morgan fingerprint density at radius 3 is 2.50 bits per heavy atom. The fraction of sp³-hybridized carbons (Fsp3) is 0.182. The van der Waals surface area contributed by atoms with Gasteiger partial charge in [0.2, 0.25) is 5.95 Å². The number of nitrogens with zero attached hydrogens (tertiary/aromatic N) is 2. The van der Waals surface area contributed by atoms with Crippen LogP contribution in [0.4, 0.5) is 5.95 Å². The molecule has 0 saturated carbocycles. The first-order valence-corrected chi connectivity index (χ1v) is 9.40. The van der Waals surface area contributed by atoms with E-state index >= 15 is 0 Å². The second kappa shape index (κ2) is 7.52. The first kappa shape index (κ1) is 18.3. The maximum Gasteiger partial charge on any atom is 0.258 e. The van der Waals surface area contributed by atoms with E-state index in [9.17, 15) is 9.59 Å². The van der Waals surface area contributed by atoms with Gasteiger partial charge >= 0.3 is 0 Å². The Labute approximate surface area is 167 Å². The summed E-state index contributed by atoms with van der Waals surface area (Å²) >= 11 is 5.85. The van der Waals surface area contributed by atoms with Crippen LogP contribution in [-0.4, -0.2) is 21.7 Å². The number of fused-ring (bicyclic) bond motifs is 1. The fourth-order valence-corrected chi connectivity index (χ4v) is 3.48. The van der Waals surface area contributed by atoms with Gasteiger partial charge < -0.3 is 0 Å². The van der Waals surface area contributed by atoms with Gasteiger partial charge in [-0.3, -0.25) is 14.9 Å². The van der Waals surface area contributed by atoms with Gasteiger partial charge in [-0.2, -0.15) is 0 Å².